The van der Waals surface area contributed by atoms with Crippen LogP contribution in [0, 0.1) is 5.21 Å². The lowest BCUT2D eigenvalue weighted by atomic mass is 9.80. The van der Waals surface area contributed by atoms with Crippen LogP contribution >= 0.6 is 0 Å². The number of nitrogens with zero attached hydrogens (tertiary/aromatic N) is 3. The number of hydroxylamine groups is 2. The summed E-state index contributed by atoms with van der Waals surface area (Å²) in [5.41, 5.74) is 0.173. The Balaban J connectivity index is 1.77. The van der Waals surface area contributed by atoms with Gasteiger partial charge in [-0.3, -0.25) is 4.63 Å². The third kappa shape index (κ3) is 1.65. The van der Waals surface area contributed by atoms with Crippen LogP contribution in [0.5, 0.6) is 0 Å². The SMILES string of the molecule is [O-][n+]1onc2c1CC[C@@H]1N(O)[C@@H](c3ccccc3)C[C@@]21O. The van der Waals surface area contributed by atoms with Gasteiger partial charge in [0.25, 0.3) is 5.69 Å². The predicted octanol–water partition coefficient (Wildman–Crippen LogP) is 0.647. The van der Waals surface area contributed by atoms with Crippen LogP contribution in [-0.2, 0) is 12.0 Å². The Hall–Kier alpha value is -1.96. The molecule has 4 rings (SSSR count). The minimum atomic E-state index is -1.36. The molecule has 110 valence electrons. The van der Waals surface area contributed by atoms with Crippen molar-refractivity contribution < 1.29 is 19.8 Å². The van der Waals surface area contributed by atoms with E-state index in [4.69, 9.17) is 0 Å². The molecule has 1 aromatic carbocycles. The molecule has 0 radical (unpaired) electrons. The van der Waals surface area contributed by atoms with Crippen molar-refractivity contribution in [1.82, 2.24) is 10.2 Å². The highest BCUT2D eigenvalue weighted by Gasteiger charge is 2.60. The standard InChI is InChI=1S/C14H15N3O4/c18-14-8-11(9-4-2-1-3-5-9)16(19)12(14)7-6-10-13(14)15-21-17(10)20/h1-5,11-12,18-19H,6-8H2/t11-,12+,14+/m1/s1. The second-order valence-corrected chi connectivity index (χ2v) is 5.71. The van der Waals surface area contributed by atoms with E-state index in [1.807, 2.05) is 30.3 Å². The van der Waals surface area contributed by atoms with Crippen LogP contribution in [0.2, 0.25) is 0 Å². The maximum absolute atomic E-state index is 11.5. The van der Waals surface area contributed by atoms with Crippen molar-refractivity contribution in [2.75, 3.05) is 0 Å². The first-order valence-corrected chi connectivity index (χ1v) is 6.95. The molecule has 2 aromatic rings. The summed E-state index contributed by atoms with van der Waals surface area (Å²) in [7, 11) is 0. The first-order valence-electron chi connectivity index (χ1n) is 6.95. The monoisotopic (exact) mass is 289 g/mol. The van der Waals surface area contributed by atoms with E-state index in [9.17, 15) is 15.5 Å². The van der Waals surface area contributed by atoms with E-state index in [1.165, 1.54) is 5.06 Å². The van der Waals surface area contributed by atoms with Gasteiger partial charge in [-0.05, 0) is 16.9 Å². The fraction of sp³-hybridized carbons (Fsp3) is 0.429. The summed E-state index contributed by atoms with van der Waals surface area (Å²) < 4.78 is 4.62. The zero-order valence-electron chi connectivity index (χ0n) is 11.2. The Morgan fingerprint density at radius 2 is 2.14 bits per heavy atom. The number of rotatable bonds is 1. The number of hydrogen-bond donors (Lipinski definition) is 2. The van der Waals surface area contributed by atoms with Gasteiger partial charge in [0, 0.05) is 18.0 Å². The Bertz CT molecular complexity index is 674. The fourth-order valence-corrected chi connectivity index (χ4v) is 3.61. The largest absolute Gasteiger partial charge is 0.379 e. The molecule has 0 bridgehead atoms. The van der Waals surface area contributed by atoms with Crippen LogP contribution in [0.1, 0.15) is 35.8 Å². The van der Waals surface area contributed by atoms with Crippen molar-refractivity contribution >= 4 is 0 Å². The number of aromatic nitrogens is 2. The van der Waals surface area contributed by atoms with Gasteiger partial charge in [-0.1, -0.05) is 30.3 Å². The second kappa shape index (κ2) is 4.27. The highest BCUT2D eigenvalue weighted by atomic mass is 16.8. The topological polar surface area (TPSA) is 96.7 Å². The van der Waals surface area contributed by atoms with Gasteiger partial charge in [-0.15, -0.1) is 0 Å². The van der Waals surface area contributed by atoms with Gasteiger partial charge in [-0.2, -0.15) is 5.06 Å². The lowest BCUT2D eigenvalue weighted by Crippen LogP contribution is -2.47. The van der Waals surface area contributed by atoms with E-state index < -0.39 is 11.6 Å². The van der Waals surface area contributed by atoms with Gasteiger partial charge in [0.05, 0.1) is 12.1 Å². The third-order valence-corrected chi connectivity index (χ3v) is 4.64. The second-order valence-electron chi connectivity index (χ2n) is 5.71. The van der Waals surface area contributed by atoms with Crippen molar-refractivity contribution in [2.24, 2.45) is 0 Å². The van der Waals surface area contributed by atoms with Crippen LogP contribution in [0.25, 0.3) is 0 Å². The number of fused-ring (bicyclic) bond motifs is 3. The van der Waals surface area contributed by atoms with E-state index in [1.54, 1.807) is 0 Å². The zero-order valence-corrected chi connectivity index (χ0v) is 11.2. The van der Waals surface area contributed by atoms with Gasteiger partial charge in [0.2, 0.25) is 5.69 Å². The smallest absolute Gasteiger partial charge is 0.254 e. The predicted molar refractivity (Wildman–Crippen MR) is 68.9 cm³/mol. The molecule has 0 saturated carbocycles. The fourth-order valence-electron chi connectivity index (χ4n) is 3.61. The molecule has 1 aromatic heterocycles. The lowest BCUT2D eigenvalue weighted by Gasteiger charge is -2.31. The highest BCUT2D eigenvalue weighted by molar-refractivity contribution is 5.29. The molecule has 3 atom stereocenters. The molecule has 0 amide bonds. The van der Waals surface area contributed by atoms with E-state index in [0.29, 0.717) is 23.4 Å². The molecular weight excluding hydrogens is 274 g/mol. The Labute approximate surface area is 120 Å². The summed E-state index contributed by atoms with van der Waals surface area (Å²) in [4.78, 5) is 0.348. The van der Waals surface area contributed by atoms with Gasteiger partial charge < -0.3 is 15.5 Å². The van der Waals surface area contributed by atoms with Crippen molar-refractivity contribution in [3.63, 3.8) is 0 Å². The first-order chi connectivity index (χ1) is 10.1. The molecule has 0 unspecified atom stereocenters. The number of hydrogen-bond acceptors (Lipinski definition) is 6. The summed E-state index contributed by atoms with van der Waals surface area (Å²) >= 11 is 0. The molecule has 7 nitrogen and oxygen atoms in total. The molecule has 1 saturated heterocycles. The van der Waals surface area contributed by atoms with E-state index in [0.717, 1.165) is 5.56 Å². The quantitative estimate of drug-likeness (QED) is 0.748. The molecule has 2 heterocycles. The minimum Gasteiger partial charge on any atom is -0.379 e. The van der Waals surface area contributed by atoms with Crippen molar-refractivity contribution in [3.8, 4) is 0 Å². The third-order valence-electron chi connectivity index (χ3n) is 4.64. The summed E-state index contributed by atoms with van der Waals surface area (Å²) in [6.07, 6.45) is 1.18. The molecular formula is C14H15N3O4. The average Bonchev–Trinajstić information content (AvgIpc) is 3.00. The van der Waals surface area contributed by atoms with Gasteiger partial charge >= 0.3 is 0 Å². The van der Waals surface area contributed by atoms with Crippen LogP contribution in [0.4, 0.5) is 0 Å². The maximum atomic E-state index is 11.5. The van der Waals surface area contributed by atoms with E-state index in [-0.39, 0.29) is 18.2 Å². The molecule has 0 spiro atoms. The molecule has 2 aliphatic rings. The Morgan fingerprint density at radius 1 is 1.38 bits per heavy atom. The van der Waals surface area contributed by atoms with E-state index >= 15 is 0 Å². The molecule has 7 heteroatoms. The first kappa shape index (κ1) is 12.8. The molecule has 2 N–H and O–H groups in total. The maximum Gasteiger partial charge on any atom is 0.254 e. The minimum absolute atomic E-state index is 0.256. The Morgan fingerprint density at radius 3 is 2.90 bits per heavy atom. The van der Waals surface area contributed by atoms with Crippen LogP contribution in [0.15, 0.2) is 35.0 Å². The number of aliphatic hydroxyl groups is 1. The van der Waals surface area contributed by atoms with Gasteiger partial charge in [0.15, 0.2) is 5.60 Å². The van der Waals surface area contributed by atoms with Crippen LogP contribution < -0.4 is 4.90 Å². The summed E-state index contributed by atoms with van der Waals surface area (Å²) in [5, 5.41) is 37.9. The average molecular weight is 289 g/mol. The van der Waals surface area contributed by atoms with E-state index in [2.05, 4.69) is 9.79 Å². The zero-order chi connectivity index (χ0) is 14.6. The number of benzene rings is 1. The summed E-state index contributed by atoms with van der Waals surface area (Å²) in [5.74, 6) is 0. The van der Waals surface area contributed by atoms with Crippen molar-refractivity contribution in [3.05, 3.63) is 52.5 Å². The van der Waals surface area contributed by atoms with Gasteiger partial charge in [-0.25, -0.2) is 0 Å². The molecule has 1 fully saturated rings. The van der Waals surface area contributed by atoms with Crippen LogP contribution in [-0.4, -0.2) is 26.6 Å². The van der Waals surface area contributed by atoms with Crippen molar-refractivity contribution in [2.45, 2.75) is 36.9 Å². The van der Waals surface area contributed by atoms with Crippen molar-refractivity contribution in [1.29, 1.82) is 0 Å². The molecule has 1 aliphatic heterocycles. The lowest BCUT2D eigenvalue weighted by molar-refractivity contribution is -0.808. The van der Waals surface area contributed by atoms with Crippen LogP contribution in [0.3, 0.4) is 0 Å². The summed E-state index contributed by atoms with van der Waals surface area (Å²) in [6.45, 7) is 0. The Kier molecular flexibility index (Phi) is 2.59. The van der Waals surface area contributed by atoms with Gasteiger partial charge in [0.1, 0.15) is 0 Å². The normalized spacial score (nSPS) is 31.9. The highest BCUT2D eigenvalue weighted by Crippen LogP contribution is 2.50. The molecule has 1 aliphatic carbocycles. The molecule has 21 heavy (non-hydrogen) atoms. The summed E-state index contributed by atoms with van der Waals surface area (Å²) in [6, 6.07) is 8.69.